The van der Waals surface area contributed by atoms with Gasteiger partial charge >= 0.3 is 0 Å². The van der Waals surface area contributed by atoms with Crippen LogP contribution in [0.1, 0.15) is 15.9 Å². The lowest BCUT2D eigenvalue weighted by Crippen LogP contribution is -1.89. The molecule has 0 aliphatic heterocycles. The van der Waals surface area contributed by atoms with Crippen molar-refractivity contribution in [1.82, 2.24) is 0 Å². The van der Waals surface area contributed by atoms with Gasteiger partial charge in [0.25, 0.3) is 0 Å². The molecule has 0 N–H and O–H groups in total. The quantitative estimate of drug-likeness (QED) is 0.212. The molecular weight excluding hydrogens is 548 g/mol. The van der Waals surface area contributed by atoms with Crippen LogP contribution in [0.3, 0.4) is 0 Å². The molecule has 0 atom stereocenters. The summed E-state index contributed by atoms with van der Waals surface area (Å²) in [5.41, 5.74) is 1.57. The molecule has 0 amide bonds. The van der Waals surface area contributed by atoms with E-state index in [4.69, 9.17) is 9.47 Å². The summed E-state index contributed by atoms with van der Waals surface area (Å²) in [5.74, 6) is 3.01. The fourth-order valence-electron chi connectivity index (χ4n) is 2.76. The molecule has 0 aliphatic carbocycles. The number of rotatable bonds is 7. The lowest BCUT2D eigenvalue weighted by molar-refractivity contribution is -0.107. The zero-order valence-electron chi connectivity index (χ0n) is 17.5. The van der Waals surface area contributed by atoms with Gasteiger partial charge in [-0.1, -0.05) is 58.4 Å². The van der Waals surface area contributed by atoms with E-state index in [0.29, 0.717) is 17.7 Å². The van der Waals surface area contributed by atoms with Crippen molar-refractivity contribution in [3.8, 4) is 23.0 Å². The van der Waals surface area contributed by atoms with Gasteiger partial charge in [-0.05, 0) is 76.1 Å². The Hall–Kier alpha value is -3.22. The van der Waals surface area contributed by atoms with Crippen LogP contribution in [0.2, 0.25) is 0 Å². The van der Waals surface area contributed by atoms with Crippen LogP contribution >= 0.6 is 31.9 Å². The fraction of sp³-hybridized carbons (Fsp3) is 0.0370. The molecule has 0 saturated carbocycles. The fourth-order valence-corrected chi connectivity index (χ4v) is 3.73. The molecule has 4 nitrogen and oxygen atoms in total. The van der Waals surface area contributed by atoms with Gasteiger partial charge in [0, 0.05) is 20.9 Å². The second kappa shape index (κ2) is 12.7. The Kier molecular flexibility index (Phi) is 9.42. The first-order valence-corrected chi connectivity index (χ1v) is 11.6. The third-order valence-corrected chi connectivity index (χ3v) is 5.81. The first kappa shape index (κ1) is 24.4. The highest BCUT2D eigenvalue weighted by Gasteiger charge is 2.03. The summed E-state index contributed by atoms with van der Waals surface area (Å²) < 4.78 is 12.9. The van der Waals surface area contributed by atoms with Gasteiger partial charge in [0.2, 0.25) is 0 Å². The minimum absolute atomic E-state index is 0.409. The van der Waals surface area contributed by atoms with Crippen molar-refractivity contribution >= 4 is 44.4 Å². The Morgan fingerprint density at radius 1 is 0.606 bits per heavy atom. The molecule has 4 rings (SSSR count). The number of halogens is 2. The lowest BCUT2D eigenvalue weighted by atomic mass is 10.2. The molecule has 0 spiro atoms. The van der Waals surface area contributed by atoms with Gasteiger partial charge in [-0.25, -0.2) is 0 Å². The van der Waals surface area contributed by atoms with Crippen LogP contribution in [-0.4, -0.2) is 12.6 Å². The van der Waals surface area contributed by atoms with Crippen molar-refractivity contribution in [2.75, 3.05) is 0 Å². The maximum absolute atomic E-state index is 10.6. The van der Waals surface area contributed by atoms with Crippen LogP contribution in [0, 0.1) is 0 Å². The molecule has 33 heavy (non-hydrogen) atoms. The SMILES string of the molecule is O=CCc1ccc(Oc2ccccc2)cc1Br.O=Cc1ccc(Oc2ccccc2)cc1Br. The number of benzene rings is 4. The molecule has 0 aliphatic rings. The maximum atomic E-state index is 10.6. The number of para-hydroxylation sites is 2. The zero-order chi connectivity index (χ0) is 23.5. The summed E-state index contributed by atoms with van der Waals surface area (Å²) in [7, 11) is 0. The number of hydrogen-bond acceptors (Lipinski definition) is 4. The first-order chi connectivity index (χ1) is 16.1. The number of hydrogen-bond donors (Lipinski definition) is 0. The Balaban J connectivity index is 0.000000186. The molecule has 4 aromatic carbocycles. The molecule has 4 aromatic rings. The van der Waals surface area contributed by atoms with Crippen LogP contribution in [0.5, 0.6) is 23.0 Å². The predicted molar refractivity (Wildman–Crippen MR) is 136 cm³/mol. The lowest BCUT2D eigenvalue weighted by Gasteiger charge is -2.07. The van der Waals surface area contributed by atoms with Crippen LogP contribution in [0.25, 0.3) is 0 Å². The van der Waals surface area contributed by atoms with Gasteiger partial charge in [-0.3, -0.25) is 4.79 Å². The molecule has 0 saturated heterocycles. The number of aldehydes is 2. The highest BCUT2D eigenvalue weighted by molar-refractivity contribution is 9.10. The number of carbonyl (C=O) groups excluding carboxylic acids is 2. The second-order valence-electron chi connectivity index (χ2n) is 6.76. The second-order valence-corrected chi connectivity index (χ2v) is 8.46. The molecular formula is C27H20Br2O4. The highest BCUT2D eigenvalue weighted by atomic mass is 79.9. The van der Waals surface area contributed by atoms with E-state index in [2.05, 4.69) is 31.9 Å². The van der Waals surface area contributed by atoms with Crippen molar-refractivity contribution < 1.29 is 19.1 Å². The first-order valence-electron chi connectivity index (χ1n) is 10.0. The molecule has 6 heteroatoms. The van der Waals surface area contributed by atoms with E-state index >= 15 is 0 Å². The number of carbonyl (C=O) groups is 2. The van der Waals surface area contributed by atoms with Gasteiger partial charge in [0.05, 0.1) is 0 Å². The summed E-state index contributed by atoms with van der Waals surface area (Å²) in [6.07, 6.45) is 2.10. The summed E-state index contributed by atoms with van der Waals surface area (Å²) in [5, 5.41) is 0. The van der Waals surface area contributed by atoms with Crippen molar-refractivity contribution in [2.24, 2.45) is 0 Å². The molecule has 0 heterocycles. The standard InChI is InChI=1S/C14H11BrO2.C13H9BrO2/c15-14-10-13(7-6-11(14)8-9-16)17-12-4-2-1-3-5-12;14-13-8-12(7-6-10(13)9-15)16-11-4-2-1-3-5-11/h1-7,9-10H,8H2;1-9H. The van der Waals surface area contributed by atoms with Crippen LogP contribution in [-0.2, 0) is 11.2 Å². The van der Waals surface area contributed by atoms with Crippen molar-refractivity contribution in [3.05, 3.63) is 117 Å². The molecule has 0 fully saturated rings. The van der Waals surface area contributed by atoms with Crippen LogP contribution in [0.4, 0.5) is 0 Å². The average Bonchev–Trinajstić information content (AvgIpc) is 2.83. The van der Waals surface area contributed by atoms with Gasteiger partial charge in [-0.2, -0.15) is 0 Å². The topological polar surface area (TPSA) is 52.6 Å². The van der Waals surface area contributed by atoms with Gasteiger partial charge in [-0.15, -0.1) is 0 Å². The molecule has 166 valence electrons. The highest BCUT2D eigenvalue weighted by Crippen LogP contribution is 2.27. The van der Waals surface area contributed by atoms with Crippen molar-refractivity contribution in [3.63, 3.8) is 0 Å². The molecule has 0 bridgehead atoms. The number of ether oxygens (including phenoxy) is 2. The third-order valence-electron chi connectivity index (χ3n) is 4.38. The van der Waals surface area contributed by atoms with E-state index in [1.54, 1.807) is 18.2 Å². The Morgan fingerprint density at radius 3 is 1.58 bits per heavy atom. The maximum Gasteiger partial charge on any atom is 0.151 e. The third kappa shape index (κ3) is 7.70. The van der Waals surface area contributed by atoms with E-state index in [9.17, 15) is 9.59 Å². The summed E-state index contributed by atoms with van der Waals surface area (Å²) >= 11 is 6.73. The normalized spacial score (nSPS) is 9.88. The predicted octanol–water partition coefficient (Wildman–Crippen LogP) is 8.04. The summed E-state index contributed by atoms with van der Waals surface area (Å²) in [6, 6.07) is 29.9. The molecule has 0 aromatic heterocycles. The minimum atomic E-state index is 0.409. The minimum Gasteiger partial charge on any atom is -0.457 e. The van der Waals surface area contributed by atoms with E-state index in [1.807, 2.05) is 78.9 Å². The van der Waals surface area contributed by atoms with E-state index < -0.39 is 0 Å². The van der Waals surface area contributed by atoms with E-state index in [0.717, 1.165) is 44.3 Å². The molecule has 0 radical (unpaired) electrons. The summed E-state index contributed by atoms with van der Waals surface area (Å²) in [4.78, 5) is 21.1. The monoisotopic (exact) mass is 566 g/mol. The smallest absolute Gasteiger partial charge is 0.151 e. The molecule has 0 unspecified atom stereocenters. The Bertz CT molecular complexity index is 1200. The van der Waals surface area contributed by atoms with Crippen molar-refractivity contribution in [1.29, 1.82) is 0 Å². The average molecular weight is 568 g/mol. The Morgan fingerprint density at radius 2 is 1.12 bits per heavy atom. The van der Waals surface area contributed by atoms with E-state index in [1.165, 1.54) is 0 Å². The van der Waals surface area contributed by atoms with Gasteiger partial charge < -0.3 is 14.3 Å². The van der Waals surface area contributed by atoms with Crippen LogP contribution in [0.15, 0.2) is 106 Å². The zero-order valence-corrected chi connectivity index (χ0v) is 20.7. The van der Waals surface area contributed by atoms with Crippen molar-refractivity contribution in [2.45, 2.75) is 6.42 Å². The van der Waals surface area contributed by atoms with Gasteiger partial charge in [0.1, 0.15) is 29.3 Å². The summed E-state index contributed by atoms with van der Waals surface area (Å²) in [6.45, 7) is 0. The van der Waals surface area contributed by atoms with E-state index in [-0.39, 0.29) is 0 Å². The Labute approximate surface area is 209 Å². The largest absolute Gasteiger partial charge is 0.457 e. The van der Waals surface area contributed by atoms with Crippen LogP contribution < -0.4 is 9.47 Å². The van der Waals surface area contributed by atoms with Gasteiger partial charge in [0.15, 0.2) is 6.29 Å².